The number of ether oxygens (including phenoxy) is 1. The number of nitrogens with one attached hydrogen (secondary N) is 1. The van der Waals surface area contributed by atoms with Crippen LogP contribution in [0.1, 0.15) is 12.0 Å². The number of hydrogen-bond donors (Lipinski definition) is 2. The highest BCUT2D eigenvalue weighted by Gasteiger charge is 2.07. The standard InChI is InChI=1S/C15H24N2O3/c1-12-5-4-6-14(9-12)20-11-13(18)10-16-8-7-15(19)17(2)3/h4-6,9,13,16,18H,7-8,10-11H2,1-3H3. The summed E-state index contributed by atoms with van der Waals surface area (Å²) in [6.07, 6.45) is -0.164. The highest BCUT2D eigenvalue weighted by atomic mass is 16.5. The van der Waals surface area contributed by atoms with Crippen LogP contribution in [-0.4, -0.2) is 55.8 Å². The van der Waals surface area contributed by atoms with Crippen LogP contribution in [0.15, 0.2) is 24.3 Å². The van der Waals surface area contributed by atoms with Crippen LogP contribution in [0.25, 0.3) is 0 Å². The average Bonchev–Trinajstić information content (AvgIpc) is 2.41. The van der Waals surface area contributed by atoms with E-state index in [2.05, 4.69) is 5.32 Å². The lowest BCUT2D eigenvalue weighted by Crippen LogP contribution is -2.34. The molecular weight excluding hydrogens is 256 g/mol. The van der Waals surface area contributed by atoms with Gasteiger partial charge in [-0.05, 0) is 24.6 Å². The third kappa shape index (κ3) is 6.54. The van der Waals surface area contributed by atoms with Gasteiger partial charge in [-0.2, -0.15) is 0 Å². The van der Waals surface area contributed by atoms with Crippen molar-refractivity contribution in [1.29, 1.82) is 0 Å². The Kier molecular flexibility index (Phi) is 7.04. The molecule has 0 aliphatic heterocycles. The van der Waals surface area contributed by atoms with Gasteiger partial charge < -0.3 is 20.1 Å². The van der Waals surface area contributed by atoms with Gasteiger partial charge in [-0.15, -0.1) is 0 Å². The summed E-state index contributed by atoms with van der Waals surface area (Å²) >= 11 is 0. The van der Waals surface area contributed by atoms with Gasteiger partial charge in [-0.25, -0.2) is 0 Å². The second kappa shape index (κ2) is 8.55. The van der Waals surface area contributed by atoms with Gasteiger partial charge in [0.1, 0.15) is 18.5 Å². The fraction of sp³-hybridized carbons (Fsp3) is 0.533. The molecule has 0 heterocycles. The summed E-state index contributed by atoms with van der Waals surface area (Å²) < 4.78 is 5.50. The van der Waals surface area contributed by atoms with Crippen LogP contribution >= 0.6 is 0 Å². The maximum Gasteiger partial charge on any atom is 0.223 e. The van der Waals surface area contributed by atoms with Crippen LogP contribution in [0.4, 0.5) is 0 Å². The Morgan fingerprint density at radius 3 is 2.85 bits per heavy atom. The Morgan fingerprint density at radius 1 is 1.45 bits per heavy atom. The second-order valence-corrected chi connectivity index (χ2v) is 5.02. The Hall–Kier alpha value is -1.59. The van der Waals surface area contributed by atoms with E-state index in [-0.39, 0.29) is 12.5 Å². The summed E-state index contributed by atoms with van der Waals surface area (Å²) in [7, 11) is 3.46. The first kappa shape index (κ1) is 16.5. The average molecular weight is 280 g/mol. The molecule has 1 amide bonds. The number of aliphatic hydroxyl groups excluding tert-OH is 1. The number of nitrogens with zero attached hydrogens (tertiary/aromatic N) is 1. The minimum absolute atomic E-state index is 0.0722. The number of aliphatic hydroxyl groups is 1. The molecule has 5 nitrogen and oxygen atoms in total. The predicted octanol–water partition coefficient (Wildman–Crippen LogP) is 0.803. The molecule has 0 fully saturated rings. The van der Waals surface area contributed by atoms with E-state index >= 15 is 0 Å². The van der Waals surface area contributed by atoms with Gasteiger partial charge in [0.05, 0.1) is 0 Å². The number of carbonyl (C=O) groups is 1. The zero-order chi connectivity index (χ0) is 15.0. The third-order valence-electron chi connectivity index (χ3n) is 2.83. The Morgan fingerprint density at radius 2 is 2.20 bits per heavy atom. The molecule has 0 aliphatic rings. The zero-order valence-corrected chi connectivity index (χ0v) is 12.4. The summed E-state index contributed by atoms with van der Waals surface area (Å²) in [5, 5.41) is 12.8. The smallest absolute Gasteiger partial charge is 0.223 e. The van der Waals surface area contributed by atoms with Gasteiger partial charge in [0.15, 0.2) is 0 Å². The van der Waals surface area contributed by atoms with E-state index in [0.717, 1.165) is 11.3 Å². The normalized spacial score (nSPS) is 12.0. The number of rotatable bonds is 8. The Balaban J connectivity index is 2.14. The molecule has 0 bridgehead atoms. The number of hydrogen-bond acceptors (Lipinski definition) is 4. The van der Waals surface area contributed by atoms with E-state index in [0.29, 0.717) is 19.5 Å². The van der Waals surface area contributed by atoms with E-state index in [9.17, 15) is 9.90 Å². The summed E-state index contributed by atoms with van der Waals surface area (Å²) in [5.74, 6) is 0.829. The lowest BCUT2D eigenvalue weighted by molar-refractivity contribution is -0.128. The van der Waals surface area contributed by atoms with Crippen LogP contribution in [0.5, 0.6) is 5.75 Å². The first-order valence-corrected chi connectivity index (χ1v) is 6.77. The number of aryl methyl sites for hydroxylation is 1. The zero-order valence-electron chi connectivity index (χ0n) is 12.4. The summed E-state index contributed by atoms with van der Waals surface area (Å²) in [5.41, 5.74) is 1.12. The molecule has 0 aliphatic carbocycles. The first-order valence-electron chi connectivity index (χ1n) is 6.77. The van der Waals surface area contributed by atoms with E-state index < -0.39 is 6.10 Å². The maximum atomic E-state index is 11.3. The molecule has 0 aromatic heterocycles. The van der Waals surface area contributed by atoms with E-state index in [1.807, 2.05) is 31.2 Å². The summed E-state index contributed by atoms with van der Waals surface area (Å²) in [4.78, 5) is 12.9. The van der Waals surface area contributed by atoms with Gasteiger partial charge in [0.25, 0.3) is 0 Å². The highest BCUT2D eigenvalue weighted by molar-refractivity contribution is 5.75. The van der Waals surface area contributed by atoms with E-state index in [1.54, 1.807) is 19.0 Å². The van der Waals surface area contributed by atoms with Crippen molar-refractivity contribution in [3.63, 3.8) is 0 Å². The lowest BCUT2D eigenvalue weighted by atomic mass is 10.2. The molecule has 1 unspecified atom stereocenters. The van der Waals surface area contributed by atoms with Crippen molar-refractivity contribution < 1.29 is 14.6 Å². The monoisotopic (exact) mass is 280 g/mol. The fourth-order valence-electron chi connectivity index (χ4n) is 1.64. The molecule has 20 heavy (non-hydrogen) atoms. The summed E-state index contributed by atoms with van der Waals surface area (Å²) in [6.45, 7) is 3.19. The van der Waals surface area contributed by atoms with Crippen molar-refractivity contribution >= 4 is 5.91 Å². The minimum atomic E-state index is -0.593. The van der Waals surface area contributed by atoms with Crippen molar-refractivity contribution in [2.75, 3.05) is 33.8 Å². The fourth-order valence-corrected chi connectivity index (χ4v) is 1.64. The molecule has 2 N–H and O–H groups in total. The van der Waals surface area contributed by atoms with Gasteiger partial charge in [-0.3, -0.25) is 4.79 Å². The number of benzene rings is 1. The van der Waals surface area contributed by atoms with E-state index in [1.165, 1.54) is 0 Å². The predicted molar refractivity (Wildman–Crippen MR) is 78.9 cm³/mol. The highest BCUT2D eigenvalue weighted by Crippen LogP contribution is 2.12. The molecule has 1 aromatic carbocycles. The van der Waals surface area contributed by atoms with Gasteiger partial charge >= 0.3 is 0 Å². The molecule has 1 aromatic rings. The molecule has 1 atom stereocenters. The van der Waals surface area contributed by atoms with Crippen molar-refractivity contribution in [1.82, 2.24) is 10.2 Å². The van der Waals surface area contributed by atoms with E-state index in [4.69, 9.17) is 4.74 Å². The van der Waals surface area contributed by atoms with Crippen molar-refractivity contribution in [2.45, 2.75) is 19.4 Å². The quantitative estimate of drug-likeness (QED) is 0.692. The van der Waals surface area contributed by atoms with Gasteiger partial charge in [0.2, 0.25) is 5.91 Å². The molecular formula is C15H24N2O3. The van der Waals surface area contributed by atoms with Crippen LogP contribution in [0, 0.1) is 6.92 Å². The molecule has 0 spiro atoms. The Bertz CT molecular complexity index is 421. The van der Waals surface area contributed by atoms with Crippen LogP contribution in [-0.2, 0) is 4.79 Å². The molecule has 0 radical (unpaired) electrons. The van der Waals surface area contributed by atoms with Crippen molar-refractivity contribution in [2.24, 2.45) is 0 Å². The SMILES string of the molecule is Cc1cccc(OCC(O)CNCCC(=O)N(C)C)c1. The van der Waals surface area contributed by atoms with Gasteiger partial charge in [0, 0.05) is 33.6 Å². The molecule has 112 valence electrons. The first-order chi connectivity index (χ1) is 9.49. The lowest BCUT2D eigenvalue weighted by Gasteiger charge is -2.14. The number of carbonyl (C=O) groups excluding carboxylic acids is 1. The van der Waals surface area contributed by atoms with Crippen molar-refractivity contribution in [3.05, 3.63) is 29.8 Å². The molecule has 0 saturated carbocycles. The van der Waals surface area contributed by atoms with Crippen LogP contribution in [0.3, 0.4) is 0 Å². The number of amides is 1. The molecule has 1 rings (SSSR count). The second-order valence-electron chi connectivity index (χ2n) is 5.02. The largest absolute Gasteiger partial charge is 0.491 e. The van der Waals surface area contributed by atoms with Crippen LogP contribution in [0.2, 0.25) is 0 Å². The van der Waals surface area contributed by atoms with Gasteiger partial charge in [-0.1, -0.05) is 12.1 Å². The third-order valence-corrected chi connectivity index (χ3v) is 2.83. The van der Waals surface area contributed by atoms with Crippen LogP contribution < -0.4 is 10.1 Å². The topological polar surface area (TPSA) is 61.8 Å². The minimum Gasteiger partial charge on any atom is -0.491 e. The maximum absolute atomic E-state index is 11.3. The van der Waals surface area contributed by atoms with Crippen molar-refractivity contribution in [3.8, 4) is 5.75 Å². The summed E-state index contributed by atoms with van der Waals surface area (Å²) in [6, 6.07) is 7.70. The Labute approximate surface area is 120 Å². The molecule has 0 saturated heterocycles. The molecule has 5 heteroatoms.